The molecule has 0 aliphatic carbocycles. The standard InChI is InChI=1S/C40H67N3O4/c1-32(46-31-34-17-13-12-14-18-34)19-20-37(33(2)47-40(9,10)11)43-23-15-21-41(29-35(44)27-38(3,4)5)25-26-42(22-16-24-43)30-36(45)28-39(6,7)8/h12-14,17-18,37H,1-2,15-16,19-31H2,3-11H3. The van der Waals surface area contributed by atoms with Crippen molar-refractivity contribution in [1.29, 1.82) is 0 Å². The molecule has 1 saturated heterocycles. The predicted octanol–water partition coefficient (Wildman–Crippen LogP) is 7.90. The fraction of sp³-hybridized carbons (Fsp3) is 0.700. The van der Waals surface area contributed by atoms with Crippen LogP contribution in [0.15, 0.2) is 55.0 Å². The molecule has 1 aliphatic heterocycles. The summed E-state index contributed by atoms with van der Waals surface area (Å²) >= 11 is 0. The SMILES string of the molecule is C=C(CCC(C(=C)OC(C)(C)C)N1CCCN(CC(=O)CC(C)(C)C)CCN(CC(=O)CC(C)(C)C)CCC1)OCc1ccccc1. The molecule has 1 fully saturated rings. The minimum Gasteiger partial charge on any atom is -0.494 e. The normalized spacial score (nSPS) is 17.4. The maximum absolute atomic E-state index is 13.1. The summed E-state index contributed by atoms with van der Waals surface area (Å²) in [5, 5.41) is 0. The fourth-order valence-corrected chi connectivity index (χ4v) is 6.17. The molecule has 0 saturated carbocycles. The first-order chi connectivity index (χ1) is 21.8. The van der Waals surface area contributed by atoms with Crippen molar-refractivity contribution >= 4 is 11.6 Å². The van der Waals surface area contributed by atoms with Crippen LogP contribution in [-0.2, 0) is 25.7 Å². The molecule has 0 spiro atoms. The molecule has 0 radical (unpaired) electrons. The van der Waals surface area contributed by atoms with Crippen molar-refractivity contribution in [3.63, 3.8) is 0 Å². The predicted molar refractivity (Wildman–Crippen MR) is 195 cm³/mol. The van der Waals surface area contributed by atoms with Crippen LogP contribution in [-0.4, -0.2) is 90.3 Å². The Morgan fingerprint density at radius 1 is 0.745 bits per heavy atom. The molecule has 266 valence electrons. The lowest BCUT2D eigenvalue weighted by atomic mass is 9.90. The van der Waals surface area contributed by atoms with Gasteiger partial charge >= 0.3 is 0 Å². The lowest BCUT2D eigenvalue weighted by Crippen LogP contribution is -2.42. The number of carbonyl (C=O) groups is 2. The van der Waals surface area contributed by atoms with Gasteiger partial charge in [-0.2, -0.15) is 0 Å². The third kappa shape index (κ3) is 18.6. The Labute approximate surface area is 287 Å². The van der Waals surface area contributed by atoms with Crippen LogP contribution in [0.1, 0.15) is 106 Å². The van der Waals surface area contributed by atoms with Crippen molar-refractivity contribution < 1.29 is 19.1 Å². The molecule has 1 unspecified atom stereocenters. The Bertz CT molecular complexity index is 1080. The van der Waals surface area contributed by atoms with E-state index in [2.05, 4.69) is 102 Å². The molecule has 0 amide bonds. The zero-order chi connectivity index (χ0) is 35.3. The molecule has 1 heterocycles. The van der Waals surface area contributed by atoms with Gasteiger partial charge in [0.15, 0.2) is 0 Å². The third-order valence-electron chi connectivity index (χ3n) is 8.06. The largest absolute Gasteiger partial charge is 0.494 e. The second-order valence-corrected chi connectivity index (χ2v) is 16.9. The minimum absolute atomic E-state index is 0.0148. The maximum Gasteiger partial charge on any atom is 0.147 e. The first-order valence-corrected chi connectivity index (χ1v) is 17.7. The van der Waals surface area contributed by atoms with Crippen LogP contribution in [0, 0.1) is 10.8 Å². The van der Waals surface area contributed by atoms with Gasteiger partial charge in [-0.15, -0.1) is 0 Å². The number of hydrogen-bond acceptors (Lipinski definition) is 7. The molecule has 1 atom stereocenters. The first-order valence-electron chi connectivity index (χ1n) is 17.7. The molecule has 7 heteroatoms. The number of hydrogen-bond donors (Lipinski definition) is 0. The van der Waals surface area contributed by atoms with E-state index in [1.807, 2.05) is 18.2 Å². The molecule has 0 aromatic heterocycles. The Kier molecular flexibility index (Phi) is 16.4. The zero-order valence-electron chi connectivity index (χ0n) is 31.5. The molecule has 1 aromatic carbocycles. The van der Waals surface area contributed by atoms with Gasteiger partial charge in [-0.1, -0.05) is 85.0 Å². The molecule has 0 N–H and O–H groups in total. The van der Waals surface area contributed by atoms with Crippen molar-refractivity contribution in [2.75, 3.05) is 52.4 Å². The van der Waals surface area contributed by atoms with E-state index < -0.39 is 0 Å². The van der Waals surface area contributed by atoms with E-state index in [0.717, 1.165) is 75.6 Å². The van der Waals surface area contributed by atoms with Gasteiger partial charge in [0.25, 0.3) is 0 Å². The van der Waals surface area contributed by atoms with Crippen LogP contribution in [0.5, 0.6) is 0 Å². The van der Waals surface area contributed by atoms with Gasteiger partial charge in [-0.25, -0.2) is 0 Å². The molecule has 0 bridgehead atoms. The van der Waals surface area contributed by atoms with Crippen molar-refractivity contribution in [3.05, 3.63) is 60.6 Å². The summed E-state index contributed by atoms with van der Waals surface area (Å²) in [5.74, 6) is 2.07. The maximum atomic E-state index is 13.1. The van der Waals surface area contributed by atoms with Crippen LogP contribution in [0.25, 0.3) is 0 Å². The minimum atomic E-state index is -0.362. The summed E-state index contributed by atoms with van der Waals surface area (Å²) in [6, 6.07) is 10.1. The lowest BCUT2D eigenvalue weighted by molar-refractivity contribution is -0.123. The molecule has 7 nitrogen and oxygen atoms in total. The Morgan fingerprint density at radius 2 is 1.23 bits per heavy atom. The van der Waals surface area contributed by atoms with Gasteiger partial charge in [0.05, 0.1) is 24.9 Å². The van der Waals surface area contributed by atoms with Crippen LogP contribution in [0.4, 0.5) is 0 Å². The highest BCUT2D eigenvalue weighted by Gasteiger charge is 2.28. The van der Waals surface area contributed by atoms with Gasteiger partial charge in [-0.3, -0.25) is 24.3 Å². The van der Waals surface area contributed by atoms with E-state index in [1.54, 1.807) is 0 Å². The van der Waals surface area contributed by atoms with Crippen molar-refractivity contribution in [2.45, 2.75) is 119 Å². The number of carbonyl (C=O) groups excluding carboxylic acids is 2. The number of ether oxygens (including phenoxy) is 2. The molecular formula is C40H67N3O4. The van der Waals surface area contributed by atoms with Crippen LogP contribution >= 0.6 is 0 Å². The highest BCUT2D eigenvalue weighted by molar-refractivity contribution is 5.81. The van der Waals surface area contributed by atoms with Gasteiger partial charge in [0, 0.05) is 45.4 Å². The average Bonchev–Trinajstić information content (AvgIpc) is 2.95. The van der Waals surface area contributed by atoms with Gasteiger partial charge in [0.1, 0.15) is 29.5 Å². The van der Waals surface area contributed by atoms with Gasteiger partial charge in [0.2, 0.25) is 0 Å². The summed E-state index contributed by atoms with van der Waals surface area (Å²) in [4.78, 5) is 33.3. The number of Topliss-reactive ketones (excluding diaryl/α,β-unsaturated/α-hetero) is 2. The number of allylic oxidation sites excluding steroid dienone is 1. The monoisotopic (exact) mass is 654 g/mol. The molecule has 1 aliphatic rings. The lowest BCUT2D eigenvalue weighted by Gasteiger charge is -2.36. The van der Waals surface area contributed by atoms with E-state index in [9.17, 15) is 9.59 Å². The summed E-state index contributed by atoms with van der Waals surface area (Å²) in [5.41, 5.74) is 0.681. The van der Waals surface area contributed by atoms with E-state index in [4.69, 9.17) is 9.47 Å². The van der Waals surface area contributed by atoms with Crippen LogP contribution < -0.4 is 0 Å². The quantitative estimate of drug-likeness (QED) is 0.178. The second-order valence-electron chi connectivity index (χ2n) is 16.9. The third-order valence-corrected chi connectivity index (χ3v) is 8.06. The highest BCUT2D eigenvalue weighted by atomic mass is 16.5. The molecule has 47 heavy (non-hydrogen) atoms. The summed E-state index contributed by atoms with van der Waals surface area (Å²) in [6.07, 6.45) is 4.45. The fourth-order valence-electron chi connectivity index (χ4n) is 6.17. The van der Waals surface area contributed by atoms with E-state index in [0.29, 0.717) is 39.0 Å². The molecule has 1 aromatic rings. The second kappa shape index (κ2) is 18.9. The number of benzene rings is 1. The van der Waals surface area contributed by atoms with Crippen LogP contribution in [0.2, 0.25) is 0 Å². The van der Waals surface area contributed by atoms with E-state index >= 15 is 0 Å². The summed E-state index contributed by atoms with van der Waals surface area (Å²) in [7, 11) is 0. The highest BCUT2D eigenvalue weighted by Crippen LogP contribution is 2.25. The number of nitrogens with zero attached hydrogens (tertiary/aromatic N) is 3. The smallest absolute Gasteiger partial charge is 0.147 e. The van der Waals surface area contributed by atoms with Crippen molar-refractivity contribution in [1.82, 2.24) is 14.7 Å². The van der Waals surface area contributed by atoms with Gasteiger partial charge < -0.3 is 9.47 Å². The number of rotatable bonds is 15. The van der Waals surface area contributed by atoms with Crippen LogP contribution in [0.3, 0.4) is 0 Å². The Balaban J connectivity index is 2.23. The van der Waals surface area contributed by atoms with Crippen molar-refractivity contribution in [2.24, 2.45) is 10.8 Å². The van der Waals surface area contributed by atoms with Gasteiger partial charge in [-0.05, 0) is 69.5 Å². The number of ketones is 2. The van der Waals surface area contributed by atoms with E-state index in [1.165, 1.54) is 0 Å². The van der Waals surface area contributed by atoms with E-state index in [-0.39, 0.29) is 34.0 Å². The first kappa shape index (κ1) is 40.7. The van der Waals surface area contributed by atoms with Crippen molar-refractivity contribution in [3.8, 4) is 0 Å². The summed E-state index contributed by atoms with van der Waals surface area (Å²) < 4.78 is 12.4. The Morgan fingerprint density at radius 3 is 1.68 bits per heavy atom. The zero-order valence-corrected chi connectivity index (χ0v) is 31.5. The molecular weight excluding hydrogens is 586 g/mol. The average molecular weight is 654 g/mol. The topological polar surface area (TPSA) is 62.3 Å². The Hall–Kier alpha value is -2.48. The summed E-state index contributed by atoms with van der Waals surface area (Å²) in [6.45, 7) is 33.9. The molecule has 2 rings (SSSR count).